The average molecular weight is 396 g/mol. The van der Waals surface area contributed by atoms with E-state index in [1.54, 1.807) is 0 Å². The zero-order valence-electron chi connectivity index (χ0n) is 10.6. The molecule has 138 valence electrons. The summed E-state index contributed by atoms with van der Waals surface area (Å²) >= 11 is 4.20. The molecule has 0 aromatic carbocycles. The summed E-state index contributed by atoms with van der Waals surface area (Å²) < 4.78 is 140. The first-order valence-corrected chi connectivity index (χ1v) is 5.72. The van der Waals surface area contributed by atoms with Crippen molar-refractivity contribution in [1.29, 1.82) is 0 Å². The summed E-state index contributed by atoms with van der Waals surface area (Å²) in [7, 11) is 0. The van der Waals surface area contributed by atoms with Gasteiger partial charge >= 0.3 is 29.9 Å². The molecule has 0 atom stereocenters. The Morgan fingerprint density at radius 2 is 1.25 bits per heavy atom. The number of halogens is 11. The molecule has 2 N–H and O–H groups in total. The minimum absolute atomic E-state index is 0.309. The van der Waals surface area contributed by atoms with Crippen LogP contribution < -0.4 is 5.56 Å². The summed E-state index contributed by atoms with van der Waals surface area (Å²) in [5.74, 6) is -28.8. The van der Waals surface area contributed by atoms with Crippen LogP contribution in [0.15, 0.2) is 11.0 Å². The van der Waals surface area contributed by atoms with E-state index in [1.165, 1.54) is 9.97 Å². The highest BCUT2D eigenvalue weighted by atomic mass is 32.1. The third-order valence-electron chi connectivity index (χ3n) is 2.70. The molecule has 0 saturated carbocycles. The Balaban J connectivity index is 3.61. The first-order chi connectivity index (χ1) is 10.4. The van der Waals surface area contributed by atoms with Crippen molar-refractivity contribution in [2.24, 2.45) is 0 Å². The summed E-state index contributed by atoms with van der Waals surface area (Å²) in [6.45, 7) is 0. The van der Waals surface area contributed by atoms with Crippen LogP contribution >= 0.6 is 12.2 Å². The van der Waals surface area contributed by atoms with Crippen molar-refractivity contribution in [1.82, 2.24) is 9.97 Å². The molecular formula is C9H3F11N2OS. The zero-order valence-corrected chi connectivity index (χ0v) is 11.4. The molecule has 0 unspecified atom stereocenters. The lowest BCUT2D eigenvalue weighted by Gasteiger charge is -2.36. The van der Waals surface area contributed by atoms with Crippen molar-refractivity contribution in [2.75, 3.05) is 0 Å². The van der Waals surface area contributed by atoms with Crippen LogP contribution in [0.25, 0.3) is 0 Å². The molecule has 1 aromatic rings. The second-order valence-electron chi connectivity index (χ2n) is 4.28. The van der Waals surface area contributed by atoms with Crippen LogP contribution in [-0.2, 0) is 5.92 Å². The van der Waals surface area contributed by atoms with Gasteiger partial charge in [-0.1, -0.05) is 0 Å². The van der Waals surface area contributed by atoms with Gasteiger partial charge in [-0.2, -0.15) is 48.3 Å². The predicted molar refractivity (Wildman–Crippen MR) is 57.0 cm³/mol. The van der Waals surface area contributed by atoms with Gasteiger partial charge in [-0.05, 0) is 12.2 Å². The van der Waals surface area contributed by atoms with Crippen LogP contribution in [0.4, 0.5) is 48.3 Å². The Bertz CT molecular complexity index is 732. The molecule has 0 amide bonds. The highest BCUT2D eigenvalue weighted by Crippen LogP contribution is 2.59. The standard InChI is InChI=1S/C9H3F11N2OS/c10-5(11,2-1-21-4(24)22-3(2)23)6(12,13)7(14,15)8(16,17)9(18,19)20/h1H,(H2,21,22,23,24). The lowest BCUT2D eigenvalue weighted by molar-refractivity contribution is -0.424. The van der Waals surface area contributed by atoms with E-state index < -0.39 is 45.8 Å². The van der Waals surface area contributed by atoms with E-state index in [9.17, 15) is 53.1 Å². The summed E-state index contributed by atoms with van der Waals surface area (Å²) in [5, 5.41) is 0. The van der Waals surface area contributed by atoms with E-state index in [-0.39, 0.29) is 6.20 Å². The van der Waals surface area contributed by atoms with Crippen LogP contribution in [0.5, 0.6) is 0 Å². The Labute approximate surface area is 128 Å². The number of aromatic nitrogens is 2. The average Bonchev–Trinajstić information content (AvgIpc) is 2.35. The number of aromatic amines is 2. The van der Waals surface area contributed by atoms with Gasteiger partial charge in [-0.15, -0.1) is 0 Å². The maximum absolute atomic E-state index is 13.5. The summed E-state index contributed by atoms with van der Waals surface area (Å²) in [5.41, 5.74) is -4.70. The fourth-order valence-corrected chi connectivity index (χ4v) is 1.54. The van der Waals surface area contributed by atoms with E-state index >= 15 is 0 Å². The van der Waals surface area contributed by atoms with Crippen LogP contribution in [0.1, 0.15) is 5.56 Å². The van der Waals surface area contributed by atoms with Gasteiger partial charge in [0.2, 0.25) is 0 Å². The number of alkyl halides is 11. The highest BCUT2D eigenvalue weighted by molar-refractivity contribution is 7.71. The molecule has 0 fully saturated rings. The Morgan fingerprint density at radius 3 is 1.62 bits per heavy atom. The molecule has 0 radical (unpaired) electrons. The number of nitrogens with one attached hydrogen (secondary N) is 2. The van der Waals surface area contributed by atoms with Crippen molar-refractivity contribution in [2.45, 2.75) is 29.9 Å². The summed E-state index contributed by atoms with van der Waals surface area (Å²) in [4.78, 5) is 13.9. The van der Waals surface area contributed by atoms with Crippen LogP contribution in [0, 0.1) is 4.77 Å². The smallest absolute Gasteiger partial charge is 0.338 e. The molecule has 1 aromatic heterocycles. The maximum Gasteiger partial charge on any atom is 0.460 e. The first kappa shape index (κ1) is 20.4. The second-order valence-corrected chi connectivity index (χ2v) is 4.69. The number of hydrogen-bond donors (Lipinski definition) is 2. The zero-order chi connectivity index (χ0) is 19.4. The van der Waals surface area contributed by atoms with Gasteiger partial charge in [0.05, 0.1) is 0 Å². The first-order valence-electron chi connectivity index (χ1n) is 5.31. The molecule has 0 bridgehead atoms. The van der Waals surface area contributed by atoms with Gasteiger partial charge in [0.25, 0.3) is 5.56 Å². The van der Waals surface area contributed by atoms with E-state index in [1.807, 2.05) is 0 Å². The largest absolute Gasteiger partial charge is 0.460 e. The lowest BCUT2D eigenvalue weighted by atomic mass is 9.94. The number of hydrogen-bond acceptors (Lipinski definition) is 2. The predicted octanol–water partition coefficient (Wildman–Crippen LogP) is 3.99. The van der Waals surface area contributed by atoms with Crippen molar-refractivity contribution in [3.05, 3.63) is 26.9 Å². The van der Waals surface area contributed by atoms with E-state index in [0.29, 0.717) is 0 Å². The molecule has 15 heteroatoms. The Hall–Kier alpha value is -1.67. The molecule has 1 rings (SSSR count). The van der Waals surface area contributed by atoms with Crippen LogP contribution in [-0.4, -0.2) is 33.9 Å². The van der Waals surface area contributed by atoms with Gasteiger partial charge in [0.15, 0.2) is 4.77 Å². The van der Waals surface area contributed by atoms with E-state index in [4.69, 9.17) is 0 Å². The van der Waals surface area contributed by atoms with Gasteiger partial charge in [0.1, 0.15) is 5.56 Å². The van der Waals surface area contributed by atoms with Gasteiger partial charge in [0, 0.05) is 6.20 Å². The Kier molecular flexibility index (Phi) is 4.60. The molecule has 0 aliphatic carbocycles. The van der Waals surface area contributed by atoms with E-state index in [2.05, 4.69) is 12.2 Å². The Morgan fingerprint density at radius 1 is 0.792 bits per heavy atom. The lowest BCUT2D eigenvalue weighted by Crippen LogP contribution is -2.66. The number of rotatable bonds is 4. The fourth-order valence-electron chi connectivity index (χ4n) is 1.38. The molecule has 1 heterocycles. The van der Waals surface area contributed by atoms with Crippen LogP contribution in [0.2, 0.25) is 0 Å². The second kappa shape index (κ2) is 5.42. The normalized spacial score (nSPS) is 14.8. The van der Waals surface area contributed by atoms with Crippen molar-refractivity contribution in [3.8, 4) is 0 Å². The monoisotopic (exact) mass is 396 g/mol. The molecule has 0 spiro atoms. The van der Waals surface area contributed by atoms with Crippen LogP contribution in [0.3, 0.4) is 0 Å². The molecule has 0 aliphatic rings. The fraction of sp³-hybridized carbons (Fsp3) is 0.556. The van der Waals surface area contributed by atoms with Gasteiger partial charge in [-0.3, -0.25) is 9.78 Å². The molecule has 0 saturated heterocycles. The highest BCUT2D eigenvalue weighted by Gasteiger charge is 2.87. The van der Waals surface area contributed by atoms with Crippen molar-refractivity contribution in [3.63, 3.8) is 0 Å². The molecule has 0 aliphatic heterocycles. The van der Waals surface area contributed by atoms with Crippen molar-refractivity contribution >= 4 is 12.2 Å². The van der Waals surface area contributed by atoms with Gasteiger partial charge < -0.3 is 4.98 Å². The topological polar surface area (TPSA) is 48.6 Å². The molecular weight excluding hydrogens is 393 g/mol. The minimum Gasteiger partial charge on any atom is -0.338 e. The van der Waals surface area contributed by atoms with E-state index in [0.717, 1.165) is 0 Å². The minimum atomic E-state index is -7.58. The van der Waals surface area contributed by atoms with Gasteiger partial charge in [-0.25, -0.2) is 0 Å². The third-order valence-corrected chi connectivity index (χ3v) is 2.92. The quantitative estimate of drug-likeness (QED) is 0.598. The third kappa shape index (κ3) is 2.67. The van der Waals surface area contributed by atoms with Crippen molar-refractivity contribution < 1.29 is 48.3 Å². The summed E-state index contributed by atoms with van der Waals surface area (Å²) in [6.07, 6.45) is -7.57. The number of H-pyrrole nitrogens is 2. The molecule has 3 nitrogen and oxygen atoms in total. The molecule has 24 heavy (non-hydrogen) atoms. The SMILES string of the molecule is O=c1[nH]c(=S)[nH]cc1C(F)(F)C(F)(F)C(F)(F)C(F)(F)C(F)(F)F. The maximum atomic E-state index is 13.5. The summed E-state index contributed by atoms with van der Waals surface area (Å²) in [6, 6.07) is 0.